The zero-order valence-corrected chi connectivity index (χ0v) is 31.7. The highest BCUT2D eigenvalue weighted by molar-refractivity contribution is 7.98. The Balaban J connectivity index is 0.00000220. The molecule has 0 spiro atoms. The molecule has 0 atom stereocenters. The summed E-state index contributed by atoms with van der Waals surface area (Å²) in [4.78, 5) is 6.58. The SMILES string of the molecule is C/C=C(\C=C/CC)C(C)=Nc1c(/C(=C/CC)c2ccccc2)oc2cc(-c3ccc4c5ccccc5c5c(SC)cccc5c4c3)ccc12.CC. The first-order valence-corrected chi connectivity index (χ1v) is 19.4. The van der Waals surface area contributed by atoms with Crippen LogP contribution in [0, 0.1) is 0 Å². The molecule has 2 nitrogen and oxygen atoms in total. The quantitative estimate of drug-likeness (QED) is 0.0654. The van der Waals surface area contributed by atoms with E-state index >= 15 is 0 Å². The Morgan fingerprint density at radius 1 is 0.706 bits per heavy atom. The molecule has 0 saturated carbocycles. The van der Waals surface area contributed by atoms with Crippen molar-refractivity contribution < 1.29 is 4.42 Å². The Kier molecular flexibility index (Phi) is 11.4. The van der Waals surface area contributed by atoms with E-state index in [9.17, 15) is 0 Å². The van der Waals surface area contributed by atoms with Gasteiger partial charge in [0.05, 0.1) is 0 Å². The van der Waals surface area contributed by atoms with Crippen molar-refractivity contribution in [1.29, 1.82) is 0 Å². The summed E-state index contributed by atoms with van der Waals surface area (Å²) in [5.74, 6) is 0.801. The van der Waals surface area contributed by atoms with E-state index in [0.717, 1.165) is 68.8 Å². The summed E-state index contributed by atoms with van der Waals surface area (Å²) in [7, 11) is 0. The van der Waals surface area contributed by atoms with Crippen LogP contribution in [-0.4, -0.2) is 12.0 Å². The second-order valence-corrected chi connectivity index (χ2v) is 13.2. The van der Waals surface area contributed by atoms with E-state index in [2.05, 4.69) is 167 Å². The third-order valence-electron chi connectivity index (χ3n) is 9.32. The van der Waals surface area contributed by atoms with Gasteiger partial charge < -0.3 is 4.42 Å². The van der Waals surface area contributed by atoms with Crippen molar-refractivity contribution in [2.45, 2.75) is 59.3 Å². The van der Waals surface area contributed by atoms with Crippen molar-refractivity contribution >= 4 is 72.0 Å². The number of allylic oxidation sites excluding steroid dienone is 5. The van der Waals surface area contributed by atoms with Crippen LogP contribution in [-0.2, 0) is 0 Å². The standard InChI is InChI=1S/C46H41NOS.C2H6/c1-6-9-17-31(8-3)30(4)47-45-40-27-25-34(29-42(40)48-46(45)35(16-7-2)32-18-11-10-12-19-32)33-24-26-37-36-20-13-14-21-38(36)44-39(41(37)28-33)22-15-23-43(44)49-5;1-2/h8-29H,6-7H2,1-5H3;1-2H3/b17-9-,31-8+,35-16+,47-30?;. The largest absolute Gasteiger partial charge is 0.454 e. The van der Waals surface area contributed by atoms with Gasteiger partial charge in [-0.2, -0.15) is 0 Å². The average Bonchev–Trinajstić information content (AvgIpc) is 3.54. The molecular weight excluding hydrogens is 639 g/mol. The van der Waals surface area contributed by atoms with Gasteiger partial charge in [0, 0.05) is 27.0 Å². The summed E-state index contributed by atoms with van der Waals surface area (Å²) in [5.41, 5.74) is 8.23. The van der Waals surface area contributed by atoms with Crippen molar-refractivity contribution in [3.63, 3.8) is 0 Å². The van der Waals surface area contributed by atoms with Crippen molar-refractivity contribution in [3.8, 4) is 11.1 Å². The highest BCUT2D eigenvalue weighted by Crippen LogP contribution is 2.44. The van der Waals surface area contributed by atoms with E-state index in [4.69, 9.17) is 9.41 Å². The number of aliphatic imine (C=N–C) groups is 1. The van der Waals surface area contributed by atoms with Gasteiger partial charge in [0.25, 0.3) is 0 Å². The van der Waals surface area contributed by atoms with Gasteiger partial charge in [-0.25, -0.2) is 4.99 Å². The van der Waals surface area contributed by atoms with Crippen LogP contribution in [0.2, 0.25) is 0 Å². The van der Waals surface area contributed by atoms with Gasteiger partial charge in [0.2, 0.25) is 0 Å². The molecule has 0 fully saturated rings. The Labute approximate surface area is 307 Å². The number of furan rings is 1. The zero-order valence-electron chi connectivity index (χ0n) is 30.9. The van der Waals surface area contributed by atoms with Gasteiger partial charge in [-0.3, -0.25) is 0 Å². The maximum atomic E-state index is 6.86. The number of hydrogen-bond donors (Lipinski definition) is 0. The van der Waals surface area contributed by atoms with E-state index < -0.39 is 0 Å². The van der Waals surface area contributed by atoms with Crippen LogP contribution >= 0.6 is 11.8 Å². The van der Waals surface area contributed by atoms with Gasteiger partial charge >= 0.3 is 0 Å². The molecule has 6 aromatic carbocycles. The maximum Gasteiger partial charge on any atom is 0.161 e. The van der Waals surface area contributed by atoms with E-state index in [1.807, 2.05) is 25.6 Å². The molecule has 0 radical (unpaired) electrons. The fourth-order valence-corrected chi connectivity index (χ4v) is 7.58. The molecule has 0 unspecified atom stereocenters. The van der Waals surface area contributed by atoms with Gasteiger partial charge in [-0.05, 0) is 106 Å². The predicted molar refractivity (Wildman–Crippen MR) is 227 cm³/mol. The molecule has 7 aromatic rings. The molecule has 0 saturated heterocycles. The lowest BCUT2D eigenvalue weighted by Gasteiger charge is -2.14. The first kappa shape index (κ1) is 35.7. The lowest BCUT2D eigenvalue weighted by atomic mass is 9.92. The van der Waals surface area contributed by atoms with Crippen LogP contribution < -0.4 is 0 Å². The minimum Gasteiger partial charge on any atom is -0.454 e. The molecule has 0 aliphatic heterocycles. The average molecular weight is 686 g/mol. The Bertz CT molecular complexity index is 2460. The molecule has 1 heterocycles. The molecule has 3 heteroatoms. The smallest absolute Gasteiger partial charge is 0.161 e. The number of hydrogen-bond acceptors (Lipinski definition) is 3. The molecule has 0 aliphatic carbocycles. The van der Waals surface area contributed by atoms with Crippen LogP contribution in [0.3, 0.4) is 0 Å². The lowest BCUT2D eigenvalue weighted by molar-refractivity contribution is 0.601. The number of fused-ring (bicyclic) bond motifs is 7. The summed E-state index contributed by atoms with van der Waals surface area (Å²) < 4.78 is 6.86. The summed E-state index contributed by atoms with van der Waals surface area (Å²) in [5, 5.41) is 8.73. The summed E-state index contributed by atoms with van der Waals surface area (Å²) in [6, 6.07) is 39.5. The van der Waals surface area contributed by atoms with Gasteiger partial charge in [-0.1, -0.05) is 137 Å². The molecule has 0 bridgehead atoms. The summed E-state index contributed by atoms with van der Waals surface area (Å²) in [6.07, 6.45) is 12.7. The summed E-state index contributed by atoms with van der Waals surface area (Å²) >= 11 is 1.81. The molecule has 51 heavy (non-hydrogen) atoms. The third-order valence-corrected chi connectivity index (χ3v) is 10.1. The van der Waals surface area contributed by atoms with E-state index in [-0.39, 0.29) is 0 Å². The van der Waals surface area contributed by atoms with Crippen LogP contribution in [0.4, 0.5) is 5.69 Å². The highest BCUT2D eigenvalue weighted by Gasteiger charge is 2.20. The van der Waals surface area contributed by atoms with Gasteiger partial charge in [0.1, 0.15) is 11.3 Å². The highest BCUT2D eigenvalue weighted by atomic mass is 32.2. The topological polar surface area (TPSA) is 25.5 Å². The van der Waals surface area contributed by atoms with E-state index in [0.29, 0.717) is 0 Å². The zero-order chi connectivity index (χ0) is 35.9. The third kappa shape index (κ3) is 6.96. The van der Waals surface area contributed by atoms with Crippen molar-refractivity contribution in [3.05, 3.63) is 150 Å². The molecule has 1 aromatic heterocycles. The first-order valence-electron chi connectivity index (χ1n) is 18.2. The lowest BCUT2D eigenvalue weighted by Crippen LogP contribution is -1.95. The van der Waals surface area contributed by atoms with Crippen LogP contribution in [0.25, 0.3) is 60.0 Å². The number of benzene rings is 6. The fraction of sp³-hybridized carbons (Fsp3) is 0.188. The first-order chi connectivity index (χ1) is 25.1. The monoisotopic (exact) mass is 685 g/mol. The minimum atomic E-state index is 0.801. The maximum absolute atomic E-state index is 6.86. The van der Waals surface area contributed by atoms with E-state index in [1.54, 1.807) is 0 Å². The molecule has 0 aliphatic rings. The van der Waals surface area contributed by atoms with Gasteiger partial charge in [0.15, 0.2) is 5.76 Å². The minimum absolute atomic E-state index is 0.801. The second kappa shape index (κ2) is 16.3. The molecule has 0 amide bonds. The van der Waals surface area contributed by atoms with Crippen LogP contribution in [0.5, 0.6) is 0 Å². The normalized spacial score (nSPS) is 12.7. The molecule has 256 valence electrons. The Morgan fingerprint density at radius 2 is 1.35 bits per heavy atom. The Hall–Kier alpha value is -5.12. The Morgan fingerprint density at radius 3 is 2.06 bits per heavy atom. The fourth-order valence-electron chi connectivity index (χ4n) is 6.94. The van der Waals surface area contributed by atoms with Crippen molar-refractivity contribution in [2.75, 3.05) is 6.26 Å². The molecule has 7 rings (SSSR count). The van der Waals surface area contributed by atoms with E-state index in [1.165, 1.54) is 37.2 Å². The summed E-state index contributed by atoms with van der Waals surface area (Å²) in [6.45, 7) is 12.5. The van der Waals surface area contributed by atoms with Crippen molar-refractivity contribution in [2.24, 2.45) is 4.99 Å². The number of thioether (sulfide) groups is 1. The molecular formula is C48H47NOS. The second-order valence-electron chi connectivity index (χ2n) is 12.3. The number of rotatable bonds is 9. The van der Waals surface area contributed by atoms with Gasteiger partial charge in [-0.15, -0.1) is 11.8 Å². The van der Waals surface area contributed by atoms with Crippen molar-refractivity contribution in [1.82, 2.24) is 0 Å². The van der Waals surface area contributed by atoms with Crippen LogP contribution in [0.15, 0.2) is 153 Å². The predicted octanol–water partition coefficient (Wildman–Crippen LogP) is 15.2. The van der Waals surface area contributed by atoms with Crippen LogP contribution in [0.1, 0.15) is 65.7 Å². The number of nitrogens with zero attached hydrogens (tertiary/aromatic N) is 1. The molecule has 0 N–H and O–H groups in total.